The van der Waals surface area contributed by atoms with Gasteiger partial charge in [0.1, 0.15) is 0 Å². The number of rotatable bonds is 4. The normalized spacial score (nSPS) is 14.1. The molecule has 0 unspecified atom stereocenters. The summed E-state index contributed by atoms with van der Waals surface area (Å²) in [6.07, 6.45) is 0.833. The van der Waals surface area contributed by atoms with Crippen molar-refractivity contribution in [2.24, 2.45) is 0 Å². The smallest absolute Gasteiger partial charge is 0.200 e. The predicted octanol–water partition coefficient (Wildman–Crippen LogP) is 4.04. The fourth-order valence-electron chi connectivity index (χ4n) is 0.811. The Morgan fingerprint density at radius 2 is 1.86 bits per heavy atom. The van der Waals surface area contributed by atoms with Crippen LogP contribution in [0.25, 0.3) is 0 Å². The molecule has 0 spiro atoms. The van der Waals surface area contributed by atoms with Crippen LogP contribution in [-0.2, 0) is 4.74 Å². The van der Waals surface area contributed by atoms with Crippen molar-refractivity contribution in [3.63, 3.8) is 0 Å². The van der Waals surface area contributed by atoms with E-state index in [1.807, 2.05) is 0 Å². The SMILES string of the molecule is C=C(C)/C(OC(C)C)=C(F)\C(F)=C\C. The van der Waals surface area contributed by atoms with Gasteiger partial charge < -0.3 is 4.74 Å². The summed E-state index contributed by atoms with van der Waals surface area (Å²) >= 11 is 0. The van der Waals surface area contributed by atoms with Crippen molar-refractivity contribution in [1.82, 2.24) is 0 Å². The molecule has 0 saturated heterocycles. The number of ether oxygens (including phenoxy) is 1. The lowest BCUT2D eigenvalue weighted by Crippen LogP contribution is -2.05. The van der Waals surface area contributed by atoms with Gasteiger partial charge in [-0.25, -0.2) is 4.39 Å². The molecule has 3 heteroatoms. The molecule has 0 amide bonds. The Bertz CT molecular complexity index is 275. The third kappa shape index (κ3) is 3.73. The van der Waals surface area contributed by atoms with Gasteiger partial charge in [-0.15, -0.1) is 0 Å². The van der Waals surface area contributed by atoms with E-state index in [1.54, 1.807) is 20.8 Å². The summed E-state index contributed by atoms with van der Waals surface area (Å²) in [6, 6.07) is 0. The second-order valence-corrected chi connectivity index (χ2v) is 3.23. The third-order valence-electron chi connectivity index (χ3n) is 1.40. The summed E-state index contributed by atoms with van der Waals surface area (Å²) in [4.78, 5) is 0. The highest BCUT2D eigenvalue weighted by molar-refractivity contribution is 5.32. The fourth-order valence-corrected chi connectivity index (χ4v) is 0.811. The van der Waals surface area contributed by atoms with Crippen LogP contribution in [0.15, 0.2) is 35.6 Å². The molecule has 14 heavy (non-hydrogen) atoms. The predicted molar refractivity (Wildman–Crippen MR) is 54.0 cm³/mol. The van der Waals surface area contributed by atoms with E-state index in [2.05, 4.69) is 6.58 Å². The van der Waals surface area contributed by atoms with E-state index in [1.165, 1.54) is 6.92 Å². The average Bonchev–Trinajstić information content (AvgIpc) is 2.11. The van der Waals surface area contributed by atoms with E-state index in [0.717, 1.165) is 6.08 Å². The molecule has 0 fully saturated rings. The van der Waals surface area contributed by atoms with Crippen molar-refractivity contribution >= 4 is 0 Å². The number of allylic oxidation sites excluding steroid dienone is 4. The summed E-state index contributed by atoms with van der Waals surface area (Å²) in [5.41, 5.74) is 0.369. The molecule has 0 saturated carbocycles. The van der Waals surface area contributed by atoms with Gasteiger partial charge in [0.15, 0.2) is 11.6 Å². The van der Waals surface area contributed by atoms with Crippen molar-refractivity contribution < 1.29 is 13.5 Å². The maximum atomic E-state index is 13.3. The van der Waals surface area contributed by atoms with Crippen LogP contribution in [0.4, 0.5) is 8.78 Å². The van der Waals surface area contributed by atoms with Crippen LogP contribution in [0.5, 0.6) is 0 Å². The van der Waals surface area contributed by atoms with Gasteiger partial charge in [-0.1, -0.05) is 6.58 Å². The van der Waals surface area contributed by atoms with Crippen LogP contribution in [0.3, 0.4) is 0 Å². The average molecular weight is 202 g/mol. The largest absolute Gasteiger partial charge is 0.488 e. The van der Waals surface area contributed by atoms with Crippen molar-refractivity contribution in [2.75, 3.05) is 0 Å². The molecule has 80 valence electrons. The quantitative estimate of drug-likeness (QED) is 0.493. The zero-order valence-electron chi connectivity index (χ0n) is 9.03. The molecule has 0 aliphatic carbocycles. The molecule has 0 N–H and O–H groups in total. The Balaban J connectivity index is 5.06. The molecule has 0 heterocycles. The van der Waals surface area contributed by atoms with E-state index in [-0.39, 0.29) is 11.9 Å². The van der Waals surface area contributed by atoms with Gasteiger partial charge in [-0.3, -0.25) is 0 Å². The molecule has 0 radical (unpaired) electrons. The van der Waals surface area contributed by atoms with Crippen LogP contribution < -0.4 is 0 Å². The number of hydrogen-bond acceptors (Lipinski definition) is 1. The van der Waals surface area contributed by atoms with Crippen molar-refractivity contribution in [3.05, 3.63) is 35.6 Å². The van der Waals surface area contributed by atoms with Crippen LogP contribution in [-0.4, -0.2) is 6.10 Å². The highest BCUT2D eigenvalue weighted by Crippen LogP contribution is 2.24. The van der Waals surface area contributed by atoms with Crippen LogP contribution >= 0.6 is 0 Å². The number of hydrogen-bond donors (Lipinski definition) is 0. The zero-order valence-corrected chi connectivity index (χ0v) is 9.03. The highest BCUT2D eigenvalue weighted by Gasteiger charge is 2.14. The molecule has 0 aliphatic rings. The van der Waals surface area contributed by atoms with E-state index < -0.39 is 11.7 Å². The van der Waals surface area contributed by atoms with E-state index in [4.69, 9.17) is 4.74 Å². The molecule has 0 aromatic rings. The minimum atomic E-state index is -0.992. The Morgan fingerprint density at radius 3 is 2.14 bits per heavy atom. The first-order valence-corrected chi connectivity index (χ1v) is 4.44. The zero-order chi connectivity index (χ0) is 11.3. The van der Waals surface area contributed by atoms with Gasteiger partial charge in [0.05, 0.1) is 6.10 Å². The second kappa shape index (κ2) is 5.58. The molecule has 0 aromatic carbocycles. The molecule has 0 aliphatic heterocycles. The van der Waals surface area contributed by atoms with E-state index in [0.29, 0.717) is 5.57 Å². The summed E-state index contributed by atoms with van der Waals surface area (Å²) in [7, 11) is 0. The lowest BCUT2D eigenvalue weighted by molar-refractivity contribution is 0.146. The van der Waals surface area contributed by atoms with Gasteiger partial charge in [0, 0.05) is 0 Å². The summed E-state index contributed by atoms with van der Waals surface area (Å²) in [6.45, 7) is 10.00. The Labute approximate surface area is 83.8 Å². The first-order chi connectivity index (χ1) is 6.40. The molecule has 1 nitrogen and oxygen atoms in total. The van der Waals surface area contributed by atoms with Gasteiger partial charge in [-0.05, 0) is 39.3 Å². The first-order valence-electron chi connectivity index (χ1n) is 4.44. The lowest BCUT2D eigenvalue weighted by Gasteiger charge is -2.14. The Hall–Kier alpha value is -1.12. The molecule has 0 atom stereocenters. The molecular weight excluding hydrogens is 186 g/mol. The van der Waals surface area contributed by atoms with Crippen LogP contribution in [0, 0.1) is 0 Å². The standard InChI is InChI=1S/C11H16F2O/c1-6-9(12)10(13)11(7(2)3)14-8(4)5/h6,8H,2H2,1,3-5H3/b9-6-,11-10-. The third-order valence-corrected chi connectivity index (χ3v) is 1.40. The minimum Gasteiger partial charge on any atom is -0.488 e. The number of halogens is 2. The Morgan fingerprint density at radius 1 is 1.36 bits per heavy atom. The molecular formula is C11H16F2O. The van der Waals surface area contributed by atoms with Crippen LogP contribution in [0.1, 0.15) is 27.7 Å². The van der Waals surface area contributed by atoms with Gasteiger partial charge in [-0.2, -0.15) is 4.39 Å². The van der Waals surface area contributed by atoms with Gasteiger partial charge in [0.25, 0.3) is 0 Å². The van der Waals surface area contributed by atoms with Crippen molar-refractivity contribution in [3.8, 4) is 0 Å². The fraction of sp³-hybridized carbons (Fsp3) is 0.455. The second-order valence-electron chi connectivity index (χ2n) is 3.23. The summed E-state index contributed by atoms with van der Waals surface area (Å²) < 4.78 is 31.3. The maximum Gasteiger partial charge on any atom is 0.200 e. The van der Waals surface area contributed by atoms with Crippen LogP contribution in [0.2, 0.25) is 0 Å². The van der Waals surface area contributed by atoms with E-state index >= 15 is 0 Å². The van der Waals surface area contributed by atoms with Gasteiger partial charge >= 0.3 is 0 Å². The first kappa shape index (κ1) is 12.9. The highest BCUT2D eigenvalue weighted by atomic mass is 19.2. The van der Waals surface area contributed by atoms with E-state index in [9.17, 15) is 8.78 Å². The van der Waals surface area contributed by atoms with Crippen molar-refractivity contribution in [2.45, 2.75) is 33.8 Å². The molecule has 0 aromatic heterocycles. The Kier molecular flexibility index (Phi) is 5.13. The molecule has 0 bridgehead atoms. The summed E-state index contributed by atoms with van der Waals surface area (Å²) in [5, 5.41) is 0. The topological polar surface area (TPSA) is 9.23 Å². The minimum absolute atomic E-state index is 0.115. The maximum absolute atomic E-state index is 13.3. The van der Waals surface area contributed by atoms with Gasteiger partial charge in [0.2, 0.25) is 5.83 Å². The lowest BCUT2D eigenvalue weighted by atomic mass is 10.2. The molecule has 0 rings (SSSR count). The summed E-state index contributed by atoms with van der Waals surface area (Å²) in [5.74, 6) is -2.03. The van der Waals surface area contributed by atoms with Crippen molar-refractivity contribution in [1.29, 1.82) is 0 Å². The monoisotopic (exact) mass is 202 g/mol.